The van der Waals surface area contributed by atoms with Crippen LogP contribution in [0.15, 0.2) is 18.2 Å². The highest BCUT2D eigenvalue weighted by atomic mass is 19.2. The second kappa shape index (κ2) is 7.50. The van der Waals surface area contributed by atoms with Crippen molar-refractivity contribution in [3.8, 4) is 0 Å². The lowest BCUT2D eigenvalue weighted by Crippen LogP contribution is -2.42. The minimum absolute atomic E-state index is 0.00773. The van der Waals surface area contributed by atoms with Crippen LogP contribution in [-0.4, -0.2) is 41.5 Å². The average Bonchev–Trinajstić information content (AvgIpc) is 2.52. The molecule has 1 aliphatic rings. The number of aliphatic hydroxyl groups excluding tert-OH is 1. The Morgan fingerprint density at radius 2 is 1.96 bits per heavy atom. The van der Waals surface area contributed by atoms with Crippen molar-refractivity contribution in [3.05, 3.63) is 29.8 Å². The molecule has 0 bridgehead atoms. The third-order valence-corrected chi connectivity index (χ3v) is 4.10. The Kier molecular flexibility index (Phi) is 5.65. The lowest BCUT2D eigenvalue weighted by molar-refractivity contribution is -0.143. The molecular weight excluding hydrogens is 306 g/mol. The van der Waals surface area contributed by atoms with Gasteiger partial charge >= 0.3 is 11.8 Å². The van der Waals surface area contributed by atoms with Crippen LogP contribution in [0.5, 0.6) is 0 Å². The number of carbonyl (C=O) groups excluding carboxylic acids is 2. The first-order chi connectivity index (χ1) is 10.9. The molecule has 7 heteroatoms. The summed E-state index contributed by atoms with van der Waals surface area (Å²) < 4.78 is 25.9. The number of hydrogen-bond donors (Lipinski definition) is 2. The summed E-state index contributed by atoms with van der Waals surface area (Å²) >= 11 is 0. The van der Waals surface area contributed by atoms with E-state index in [4.69, 9.17) is 0 Å². The molecule has 1 aromatic carbocycles. The Morgan fingerprint density at radius 1 is 1.26 bits per heavy atom. The van der Waals surface area contributed by atoms with Gasteiger partial charge in [-0.15, -0.1) is 0 Å². The lowest BCUT2D eigenvalue weighted by atomic mass is 9.86. The van der Waals surface area contributed by atoms with Gasteiger partial charge in [-0.25, -0.2) is 8.78 Å². The fourth-order valence-corrected chi connectivity index (χ4v) is 2.77. The average molecular weight is 326 g/mol. The molecule has 0 saturated heterocycles. The first-order valence-corrected chi connectivity index (χ1v) is 7.58. The molecule has 126 valence electrons. The van der Waals surface area contributed by atoms with Crippen molar-refractivity contribution in [2.45, 2.75) is 31.8 Å². The van der Waals surface area contributed by atoms with Crippen molar-refractivity contribution in [3.63, 3.8) is 0 Å². The van der Waals surface area contributed by atoms with Gasteiger partial charge in [0.1, 0.15) is 0 Å². The Hall–Kier alpha value is -2.02. The predicted octanol–water partition coefficient (Wildman–Crippen LogP) is 1.91. The zero-order valence-electron chi connectivity index (χ0n) is 12.9. The van der Waals surface area contributed by atoms with Gasteiger partial charge in [-0.05, 0) is 25.0 Å². The molecule has 23 heavy (non-hydrogen) atoms. The first kappa shape index (κ1) is 17.3. The summed E-state index contributed by atoms with van der Waals surface area (Å²) in [6, 6.07) is 2.86. The fraction of sp³-hybridized carbons (Fsp3) is 0.500. The molecule has 2 atom stereocenters. The van der Waals surface area contributed by atoms with Crippen LogP contribution in [0.1, 0.15) is 25.7 Å². The van der Waals surface area contributed by atoms with Gasteiger partial charge < -0.3 is 15.3 Å². The smallest absolute Gasteiger partial charge is 0.313 e. The molecule has 0 radical (unpaired) electrons. The SMILES string of the molecule is CN(CC1CCCCC1O)C(=O)C(=O)Nc1ccc(F)c(F)c1. The second-order valence-corrected chi connectivity index (χ2v) is 5.88. The molecule has 2 rings (SSSR count). The highest BCUT2D eigenvalue weighted by Gasteiger charge is 2.27. The molecule has 0 aromatic heterocycles. The van der Waals surface area contributed by atoms with E-state index in [1.54, 1.807) is 0 Å². The van der Waals surface area contributed by atoms with E-state index in [2.05, 4.69) is 5.32 Å². The van der Waals surface area contributed by atoms with Crippen LogP contribution in [-0.2, 0) is 9.59 Å². The van der Waals surface area contributed by atoms with Crippen LogP contribution in [0.3, 0.4) is 0 Å². The molecule has 0 heterocycles. The normalized spacial score (nSPS) is 20.9. The largest absolute Gasteiger partial charge is 0.393 e. The maximum atomic E-state index is 13.1. The molecule has 2 N–H and O–H groups in total. The van der Waals surface area contributed by atoms with Crippen molar-refractivity contribution in [1.29, 1.82) is 0 Å². The molecule has 0 spiro atoms. The summed E-state index contributed by atoms with van der Waals surface area (Å²) in [5, 5.41) is 12.2. The molecule has 1 saturated carbocycles. The Balaban J connectivity index is 1.92. The van der Waals surface area contributed by atoms with E-state index in [0.29, 0.717) is 6.42 Å². The topological polar surface area (TPSA) is 69.6 Å². The van der Waals surface area contributed by atoms with E-state index >= 15 is 0 Å². The van der Waals surface area contributed by atoms with E-state index in [9.17, 15) is 23.5 Å². The maximum absolute atomic E-state index is 13.1. The number of nitrogens with zero attached hydrogens (tertiary/aromatic N) is 1. The van der Waals surface area contributed by atoms with Gasteiger partial charge in [0.05, 0.1) is 6.10 Å². The number of nitrogens with one attached hydrogen (secondary N) is 1. The number of likely N-dealkylation sites (N-methyl/N-ethyl adjacent to an activating group) is 1. The van der Waals surface area contributed by atoms with Crippen LogP contribution in [0.4, 0.5) is 14.5 Å². The maximum Gasteiger partial charge on any atom is 0.313 e. The molecular formula is C16H20F2N2O3. The van der Waals surface area contributed by atoms with Gasteiger partial charge in [0.25, 0.3) is 0 Å². The summed E-state index contributed by atoms with van der Waals surface area (Å²) in [6.07, 6.45) is 3.00. The van der Waals surface area contributed by atoms with Gasteiger partial charge in [-0.2, -0.15) is 0 Å². The van der Waals surface area contributed by atoms with Crippen LogP contribution < -0.4 is 5.32 Å². The van der Waals surface area contributed by atoms with Crippen molar-refractivity contribution < 1.29 is 23.5 Å². The lowest BCUT2D eigenvalue weighted by Gasteiger charge is -2.30. The predicted molar refractivity (Wildman–Crippen MR) is 80.6 cm³/mol. The van der Waals surface area contributed by atoms with Crippen LogP contribution in [0.25, 0.3) is 0 Å². The number of rotatable bonds is 3. The summed E-state index contributed by atoms with van der Waals surface area (Å²) in [6.45, 7) is 0.283. The van der Waals surface area contributed by atoms with Crippen LogP contribution in [0.2, 0.25) is 0 Å². The van der Waals surface area contributed by atoms with E-state index in [-0.39, 0.29) is 18.2 Å². The highest BCUT2D eigenvalue weighted by molar-refractivity contribution is 6.39. The summed E-state index contributed by atoms with van der Waals surface area (Å²) in [5.74, 6) is -3.89. The standard InChI is InChI=1S/C16H20F2N2O3/c1-20(9-10-4-2-3-5-14(10)21)16(23)15(22)19-11-6-7-12(17)13(18)8-11/h6-8,10,14,21H,2-5,9H2,1H3,(H,19,22). The van der Waals surface area contributed by atoms with Crippen molar-refractivity contribution in [2.75, 3.05) is 18.9 Å². The molecule has 1 aromatic rings. The number of benzene rings is 1. The summed E-state index contributed by atoms with van der Waals surface area (Å²) in [4.78, 5) is 25.2. The van der Waals surface area contributed by atoms with E-state index < -0.39 is 29.6 Å². The van der Waals surface area contributed by atoms with Crippen molar-refractivity contribution in [2.24, 2.45) is 5.92 Å². The van der Waals surface area contributed by atoms with Gasteiger partial charge in [-0.3, -0.25) is 9.59 Å². The van der Waals surface area contributed by atoms with Gasteiger partial charge in [0.15, 0.2) is 11.6 Å². The number of hydrogen-bond acceptors (Lipinski definition) is 3. The fourth-order valence-electron chi connectivity index (χ4n) is 2.77. The van der Waals surface area contributed by atoms with Gasteiger partial charge in [-0.1, -0.05) is 12.8 Å². The molecule has 1 fully saturated rings. The highest BCUT2D eigenvalue weighted by Crippen LogP contribution is 2.25. The zero-order valence-corrected chi connectivity index (χ0v) is 12.9. The van der Waals surface area contributed by atoms with E-state index in [0.717, 1.165) is 31.4 Å². The molecule has 5 nitrogen and oxygen atoms in total. The number of halogens is 2. The Morgan fingerprint density at radius 3 is 2.61 bits per heavy atom. The Labute approximate surface area is 133 Å². The quantitative estimate of drug-likeness (QED) is 0.834. The third kappa shape index (κ3) is 4.48. The first-order valence-electron chi connectivity index (χ1n) is 7.58. The minimum Gasteiger partial charge on any atom is -0.393 e. The molecule has 2 unspecified atom stereocenters. The van der Waals surface area contributed by atoms with Crippen LogP contribution in [0, 0.1) is 17.6 Å². The molecule has 2 amide bonds. The zero-order chi connectivity index (χ0) is 17.0. The third-order valence-electron chi connectivity index (χ3n) is 4.10. The molecule has 1 aliphatic carbocycles. The van der Waals surface area contributed by atoms with Crippen LogP contribution >= 0.6 is 0 Å². The van der Waals surface area contributed by atoms with E-state index in [1.165, 1.54) is 18.0 Å². The summed E-state index contributed by atoms with van der Waals surface area (Å²) in [5.41, 5.74) is 0.00773. The number of anilines is 1. The van der Waals surface area contributed by atoms with Gasteiger partial charge in [0.2, 0.25) is 0 Å². The second-order valence-electron chi connectivity index (χ2n) is 5.88. The Bertz CT molecular complexity index is 595. The monoisotopic (exact) mass is 326 g/mol. The van der Waals surface area contributed by atoms with Crippen molar-refractivity contribution >= 4 is 17.5 Å². The summed E-state index contributed by atoms with van der Waals surface area (Å²) in [7, 11) is 1.48. The number of amides is 2. The van der Waals surface area contributed by atoms with Gasteiger partial charge in [0, 0.05) is 31.3 Å². The van der Waals surface area contributed by atoms with Crippen molar-refractivity contribution in [1.82, 2.24) is 4.90 Å². The number of aliphatic hydroxyl groups is 1. The van der Waals surface area contributed by atoms with E-state index in [1.807, 2.05) is 0 Å². The minimum atomic E-state index is -1.10. The molecule has 0 aliphatic heterocycles. The number of carbonyl (C=O) groups is 2.